The van der Waals surface area contributed by atoms with Crippen molar-refractivity contribution in [3.8, 4) is 97.3 Å². The number of hydrogen-bond acceptors (Lipinski definition) is 22. The number of pyridine rings is 6. The topological polar surface area (TPSA) is 364 Å². The first-order chi connectivity index (χ1) is 60.1. The van der Waals surface area contributed by atoms with Crippen LogP contribution in [0.15, 0.2) is 303 Å². The van der Waals surface area contributed by atoms with E-state index in [1.165, 1.54) is 77.6 Å². The Morgan fingerprint density at radius 1 is 0.363 bits per heavy atom. The highest BCUT2D eigenvalue weighted by Crippen LogP contribution is 2.34. The zero-order valence-electron chi connectivity index (χ0n) is 71.4. The van der Waals surface area contributed by atoms with Crippen LogP contribution < -0.4 is 48.9 Å². The molecule has 644 valence electrons. The third-order valence-corrected chi connectivity index (χ3v) is 16.6. The average molecular weight is 1750 g/mol. The number of phenolic OH excluding ortho intramolecular Hbond substituents is 1. The number of phenols is 2. The van der Waals surface area contributed by atoms with Crippen LogP contribution in [0.1, 0.15) is 121 Å². The van der Waals surface area contributed by atoms with Crippen molar-refractivity contribution in [1.29, 1.82) is 0 Å². The maximum absolute atomic E-state index is 13.0. The number of imidazole rings is 2. The van der Waals surface area contributed by atoms with Gasteiger partial charge in [0.15, 0.2) is 11.6 Å². The molecule has 0 saturated heterocycles. The lowest BCUT2D eigenvalue weighted by Gasteiger charge is -2.13. The third-order valence-electron chi connectivity index (χ3n) is 16.1. The van der Waals surface area contributed by atoms with Crippen LogP contribution in [0.5, 0.6) is 74.7 Å². The third kappa shape index (κ3) is 31.7. The molecule has 0 unspecified atom stereocenters. The fourth-order valence-electron chi connectivity index (χ4n) is 10.2. The molecule has 0 radical (unpaired) electrons. The molecular weight excluding hydrogens is 1650 g/mol. The second-order valence-electron chi connectivity index (χ2n) is 23.9. The van der Waals surface area contributed by atoms with Gasteiger partial charge >= 0.3 is 11.9 Å². The highest BCUT2D eigenvalue weighted by Gasteiger charge is 2.18. The van der Waals surface area contributed by atoms with Crippen molar-refractivity contribution in [2.75, 3.05) is 46.6 Å². The molecule has 28 heteroatoms. The molecule has 124 heavy (non-hydrogen) atoms. The normalized spacial score (nSPS) is 9.61. The number of nitrogen functional groups attached to an aromatic ring is 1. The van der Waals surface area contributed by atoms with Crippen molar-refractivity contribution in [3.63, 3.8) is 0 Å². The van der Waals surface area contributed by atoms with Gasteiger partial charge in [0, 0.05) is 132 Å². The number of ether oxygens (including phenoxy) is 8. The van der Waals surface area contributed by atoms with Crippen LogP contribution in [0.2, 0.25) is 0 Å². The number of carbonyl (C=O) groups is 5. The van der Waals surface area contributed by atoms with Gasteiger partial charge in [0.2, 0.25) is 0 Å². The van der Waals surface area contributed by atoms with Gasteiger partial charge in [0.05, 0.1) is 63.6 Å². The van der Waals surface area contributed by atoms with E-state index < -0.39 is 11.9 Å². The molecule has 7 aromatic carbocycles. The standard InChI is InChI=1S/C26H20N4O3.C14H13NO3.C13H11N3.C13H11NO4.C9H10O3.C8H8O4.C5H4BrN.4C2H6/c1-32-21-9-10-22(24(16-21)33-20-11-13-27-14-12-20)26(31)28-19-7-5-18(6-8-19)23-17-30-15-3-2-4-25(30)29-23;1-10(16)13-4-3-12(17-2)9-14(13)18-11-5-7-15-8-6-11;14-11-6-4-10(5-7-11)12-9-16-8-2-1-3-13(16)15-12;1-17-10-2-3-11(13(15)16)12(8-10)18-9-4-6-14-7-5-9;1-6(10)8-4-3-7(12-2)5-9(8)11;1-12-5-2-3-6(8(10)11)7(9)4-5;6-5-1-3-7-4-2-5;4*1-2/h2-17H,1H3,(H,28,31);3-9H,1-2H3;1-9H,14H2;2-8H,1H3,(H,15,16);3-5,11H,1-2H3;2-4,9H,1H3,(H,10,11);1-4H;4*1-2H3. The number of aromatic nitrogens is 8. The van der Waals surface area contributed by atoms with Gasteiger partial charge in [-0.25, -0.2) is 19.6 Å². The fourth-order valence-corrected chi connectivity index (χ4v) is 10.4. The summed E-state index contributed by atoms with van der Waals surface area (Å²) in [5, 5.41) is 39.0. The van der Waals surface area contributed by atoms with E-state index in [0.717, 1.165) is 44.0 Å². The number of methoxy groups -OCH3 is 5. The Balaban J connectivity index is 0.000000264. The molecule has 0 saturated carbocycles. The van der Waals surface area contributed by atoms with Crippen LogP contribution in [0, 0.1) is 0 Å². The number of nitrogens with one attached hydrogen (secondary N) is 1. The number of ketones is 2. The van der Waals surface area contributed by atoms with E-state index in [2.05, 4.69) is 51.2 Å². The molecule has 0 fully saturated rings. The lowest BCUT2D eigenvalue weighted by atomic mass is 10.1. The molecule has 0 bridgehead atoms. The molecule has 0 aliphatic carbocycles. The van der Waals surface area contributed by atoms with Crippen LogP contribution in [0.3, 0.4) is 0 Å². The Morgan fingerprint density at radius 2 is 0.677 bits per heavy atom. The summed E-state index contributed by atoms with van der Waals surface area (Å²) in [4.78, 5) is 81.7. The molecule has 1 amide bonds. The molecular formula is C96H101BrN10O17. The number of aromatic carboxylic acids is 2. The van der Waals surface area contributed by atoms with Gasteiger partial charge in [0.1, 0.15) is 97.2 Å². The number of fused-ring (bicyclic) bond motifs is 2. The van der Waals surface area contributed by atoms with Gasteiger partial charge in [-0.2, -0.15) is 0 Å². The molecule has 27 nitrogen and oxygen atoms in total. The van der Waals surface area contributed by atoms with E-state index in [4.69, 9.17) is 58.9 Å². The number of carbonyl (C=O) groups excluding carboxylic acids is 3. The Bertz CT molecular complexity index is 5520. The number of amides is 1. The first-order valence-electron chi connectivity index (χ1n) is 38.8. The zero-order chi connectivity index (χ0) is 90.9. The van der Waals surface area contributed by atoms with Crippen LogP contribution >= 0.6 is 15.9 Å². The number of carboxylic acid groups (broad SMARTS) is 2. The number of benzene rings is 7. The zero-order valence-corrected chi connectivity index (χ0v) is 73.0. The molecule has 0 atom stereocenters. The van der Waals surface area contributed by atoms with Crippen molar-refractivity contribution in [2.24, 2.45) is 0 Å². The monoisotopic (exact) mass is 1740 g/mol. The van der Waals surface area contributed by atoms with E-state index in [-0.39, 0.29) is 45.8 Å². The predicted molar refractivity (Wildman–Crippen MR) is 486 cm³/mol. The van der Waals surface area contributed by atoms with Crippen molar-refractivity contribution >= 4 is 68.0 Å². The van der Waals surface area contributed by atoms with E-state index >= 15 is 0 Å². The molecule has 0 aliphatic rings. The summed E-state index contributed by atoms with van der Waals surface area (Å²) in [5.74, 6) is 2.50. The number of nitrogens with two attached hydrogens (primary N) is 1. The van der Waals surface area contributed by atoms with E-state index in [1.54, 1.807) is 149 Å². The number of halogens is 1. The van der Waals surface area contributed by atoms with Crippen LogP contribution in [-0.2, 0) is 0 Å². The number of aromatic hydroxyl groups is 2. The smallest absolute Gasteiger partial charge is 0.339 e. The maximum atomic E-state index is 13.0. The van der Waals surface area contributed by atoms with Gasteiger partial charge in [0.25, 0.3) is 5.91 Å². The summed E-state index contributed by atoms with van der Waals surface area (Å²) in [6.45, 7) is 18.9. The Hall–Kier alpha value is -15.5. The highest BCUT2D eigenvalue weighted by atomic mass is 79.9. The lowest BCUT2D eigenvalue weighted by molar-refractivity contribution is 0.0682. The summed E-state index contributed by atoms with van der Waals surface area (Å²) < 4.78 is 47.3. The molecule has 7 N–H and O–H groups in total. The molecule has 15 rings (SSSR count). The van der Waals surface area contributed by atoms with E-state index in [9.17, 15) is 29.1 Å². The summed E-state index contributed by atoms with van der Waals surface area (Å²) in [6, 6.07) is 64.4. The maximum Gasteiger partial charge on any atom is 0.339 e. The summed E-state index contributed by atoms with van der Waals surface area (Å²) >= 11 is 3.27. The lowest BCUT2D eigenvalue weighted by Crippen LogP contribution is -2.13. The van der Waals surface area contributed by atoms with Gasteiger partial charge in [-0.3, -0.25) is 34.3 Å². The summed E-state index contributed by atoms with van der Waals surface area (Å²) in [7, 11) is 7.58. The number of rotatable bonds is 19. The second-order valence-corrected chi connectivity index (χ2v) is 24.8. The van der Waals surface area contributed by atoms with Crippen molar-refractivity contribution in [1.82, 2.24) is 38.7 Å². The minimum absolute atomic E-state index is 0.0400. The SMILES string of the molecule is Brc1ccncc1.CC.CC.CC.CC.COc1ccc(C(=O)Nc2ccc(-c3cn4ccccc4n3)cc2)c(Oc2ccncc2)c1.COc1ccc(C(=O)O)c(O)c1.COc1ccc(C(=O)O)c(Oc2ccncc2)c1.COc1ccc(C(C)=O)c(O)c1.COc1ccc(C(C)=O)c(Oc2ccncc2)c1.Nc1ccc(-c2cn3ccccc3n2)cc1. The fraction of sp³-hybridized carbons (Fsp3) is 0.156. The van der Waals surface area contributed by atoms with Crippen LogP contribution in [-0.4, -0.2) is 124 Å². The molecule has 15 aromatic rings. The number of anilines is 2. The molecule has 8 heterocycles. The summed E-state index contributed by atoms with van der Waals surface area (Å²) in [5.41, 5.74) is 14.0. The van der Waals surface area contributed by atoms with Gasteiger partial charge in [-0.05, 0) is 172 Å². The molecule has 0 aliphatic heterocycles. The van der Waals surface area contributed by atoms with E-state index in [0.29, 0.717) is 79.9 Å². The number of Topliss-reactive ketones (excluding diaryl/α,β-unsaturated/α-hetero) is 2. The van der Waals surface area contributed by atoms with Crippen molar-refractivity contribution in [2.45, 2.75) is 69.2 Å². The Kier molecular flexibility index (Phi) is 43.1. The largest absolute Gasteiger partial charge is 0.507 e. The minimum atomic E-state index is -1.16. The first kappa shape index (κ1) is 99.1. The van der Waals surface area contributed by atoms with E-state index in [1.807, 2.05) is 186 Å². The molecule has 0 spiro atoms. The van der Waals surface area contributed by atoms with Crippen LogP contribution in [0.25, 0.3) is 33.8 Å². The predicted octanol–water partition coefficient (Wildman–Crippen LogP) is 22.4. The van der Waals surface area contributed by atoms with Gasteiger partial charge < -0.3 is 78.2 Å². The first-order valence-corrected chi connectivity index (χ1v) is 39.6. The van der Waals surface area contributed by atoms with Gasteiger partial charge in [-0.15, -0.1) is 0 Å². The number of hydrogen-bond donors (Lipinski definition) is 6. The summed E-state index contributed by atoms with van der Waals surface area (Å²) in [6.07, 6.45) is 21.1. The Labute approximate surface area is 729 Å². The van der Waals surface area contributed by atoms with Crippen molar-refractivity contribution < 1.29 is 82.3 Å². The minimum Gasteiger partial charge on any atom is -0.507 e. The van der Waals surface area contributed by atoms with Crippen LogP contribution in [0.4, 0.5) is 11.4 Å². The second kappa shape index (κ2) is 53.9. The highest BCUT2D eigenvalue weighted by molar-refractivity contribution is 9.10. The Morgan fingerprint density at radius 3 is 1.01 bits per heavy atom. The average Bonchev–Trinajstić information content (AvgIpc) is 1.67. The van der Waals surface area contributed by atoms with Gasteiger partial charge in [-0.1, -0.05) is 108 Å². The number of nitrogens with zero attached hydrogens (tertiary/aromatic N) is 8. The molecule has 8 aromatic heterocycles. The number of carboxylic acids is 2. The van der Waals surface area contributed by atoms with Crippen molar-refractivity contribution in [3.05, 3.63) is 331 Å². The quantitative estimate of drug-likeness (QED) is 0.0323.